The smallest absolute Gasteiger partial charge is 0.297 e. The van der Waals surface area contributed by atoms with Gasteiger partial charge in [-0.2, -0.15) is 13.5 Å². The lowest BCUT2D eigenvalue weighted by molar-refractivity contribution is 0.115. The molecule has 2 aromatic heterocycles. The zero-order valence-electron chi connectivity index (χ0n) is 22.4. The first-order valence-corrected chi connectivity index (χ1v) is 14.7. The highest BCUT2D eigenvalue weighted by atomic mass is 32.2. The van der Waals surface area contributed by atoms with Crippen molar-refractivity contribution in [2.24, 2.45) is 13.0 Å². The predicted octanol–water partition coefficient (Wildman–Crippen LogP) is 2.60. The molecule has 3 aromatic rings. The summed E-state index contributed by atoms with van der Waals surface area (Å²) in [7, 11) is -2.02. The van der Waals surface area contributed by atoms with Crippen molar-refractivity contribution in [2.45, 2.75) is 44.2 Å². The van der Waals surface area contributed by atoms with Crippen molar-refractivity contribution < 1.29 is 12.6 Å². The number of anilines is 1. The van der Waals surface area contributed by atoms with E-state index in [2.05, 4.69) is 32.1 Å². The van der Waals surface area contributed by atoms with E-state index in [1.165, 1.54) is 11.3 Å². The molecule has 11 heteroatoms. The van der Waals surface area contributed by atoms with Crippen molar-refractivity contribution in [3.63, 3.8) is 0 Å². The van der Waals surface area contributed by atoms with Gasteiger partial charge in [-0.1, -0.05) is 17.7 Å². The maximum atomic E-state index is 13.4. The molecular formula is C27H37N7O3S. The molecule has 2 saturated heterocycles. The molecule has 204 valence electrons. The first-order chi connectivity index (χ1) is 18.3. The number of piperidine rings is 1. The van der Waals surface area contributed by atoms with Gasteiger partial charge in [-0.3, -0.25) is 18.7 Å². The van der Waals surface area contributed by atoms with Gasteiger partial charge in [-0.05, 0) is 57.8 Å². The third kappa shape index (κ3) is 5.90. The average Bonchev–Trinajstić information content (AvgIpc) is 3.25. The largest absolute Gasteiger partial charge is 0.352 e. The molecule has 0 aliphatic carbocycles. The Bertz CT molecular complexity index is 1330. The molecule has 2 fully saturated rings. The van der Waals surface area contributed by atoms with Crippen molar-refractivity contribution in [1.29, 1.82) is 0 Å². The lowest BCUT2D eigenvalue weighted by Crippen LogP contribution is -2.47. The second-order valence-corrected chi connectivity index (χ2v) is 11.9. The van der Waals surface area contributed by atoms with Crippen LogP contribution in [-0.2, 0) is 27.9 Å². The van der Waals surface area contributed by atoms with Gasteiger partial charge in [0.1, 0.15) is 11.8 Å². The molecule has 0 saturated carbocycles. The summed E-state index contributed by atoms with van der Waals surface area (Å²) < 4.78 is 34.7. The van der Waals surface area contributed by atoms with E-state index in [0.29, 0.717) is 11.5 Å². The van der Waals surface area contributed by atoms with E-state index in [9.17, 15) is 8.42 Å². The number of aromatic nitrogens is 4. The topological polar surface area (TPSA) is 105 Å². The average molecular weight is 540 g/mol. The van der Waals surface area contributed by atoms with Gasteiger partial charge in [-0.25, -0.2) is 4.98 Å². The molecule has 38 heavy (non-hydrogen) atoms. The van der Waals surface area contributed by atoms with Crippen LogP contribution >= 0.6 is 0 Å². The molecule has 4 heterocycles. The van der Waals surface area contributed by atoms with E-state index >= 15 is 0 Å². The van der Waals surface area contributed by atoms with Gasteiger partial charge in [-0.15, -0.1) is 0 Å². The number of rotatable bonds is 8. The summed E-state index contributed by atoms with van der Waals surface area (Å²) >= 11 is 0. The van der Waals surface area contributed by atoms with E-state index < -0.39 is 16.2 Å². The summed E-state index contributed by atoms with van der Waals surface area (Å²) in [4.78, 5) is 14.2. The number of aryl methyl sites for hydroxylation is 2. The van der Waals surface area contributed by atoms with E-state index in [0.717, 1.165) is 64.2 Å². The van der Waals surface area contributed by atoms with Crippen molar-refractivity contribution in [2.75, 3.05) is 44.2 Å². The number of nitrogens with zero attached hydrogens (tertiary/aromatic N) is 6. The molecule has 1 N–H and O–H groups in total. The summed E-state index contributed by atoms with van der Waals surface area (Å²) in [6.07, 6.45) is 6.17. The van der Waals surface area contributed by atoms with Crippen molar-refractivity contribution in [3.8, 4) is 0 Å². The van der Waals surface area contributed by atoms with Crippen LogP contribution in [0.1, 0.15) is 41.5 Å². The van der Waals surface area contributed by atoms with Crippen LogP contribution < -0.4 is 10.2 Å². The van der Waals surface area contributed by atoms with Gasteiger partial charge >= 0.3 is 0 Å². The zero-order chi connectivity index (χ0) is 26.7. The molecule has 0 bridgehead atoms. The molecule has 0 amide bonds. The fraction of sp³-hybridized carbons (Fsp3) is 0.519. The number of piperazine rings is 1. The first-order valence-electron chi connectivity index (χ1n) is 13.3. The summed E-state index contributed by atoms with van der Waals surface area (Å²) in [6, 6.07) is 6.78. The highest BCUT2D eigenvalue weighted by Gasteiger charge is 2.35. The molecule has 2 aliphatic heterocycles. The highest BCUT2D eigenvalue weighted by Crippen LogP contribution is 2.38. The minimum absolute atomic E-state index is 0.0155. The van der Waals surface area contributed by atoms with Crippen LogP contribution in [0.4, 0.5) is 5.82 Å². The number of benzene rings is 1. The van der Waals surface area contributed by atoms with Crippen LogP contribution in [0.5, 0.6) is 0 Å². The van der Waals surface area contributed by atoms with Crippen LogP contribution in [0.2, 0.25) is 0 Å². The van der Waals surface area contributed by atoms with Crippen LogP contribution in [0, 0.1) is 19.8 Å². The predicted molar refractivity (Wildman–Crippen MR) is 145 cm³/mol. The van der Waals surface area contributed by atoms with E-state index in [-0.39, 0.29) is 10.8 Å². The van der Waals surface area contributed by atoms with E-state index in [1.807, 2.05) is 24.9 Å². The molecule has 0 spiro atoms. The van der Waals surface area contributed by atoms with Crippen molar-refractivity contribution >= 4 is 15.9 Å². The molecule has 0 radical (unpaired) electrons. The Balaban J connectivity index is 1.37. The van der Waals surface area contributed by atoms with Gasteiger partial charge in [0.15, 0.2) is 5.82 Å². The Morgan fingerprint density at radius 1 is 1.03 bits per heavy atom. The normalized spacial score (nSPS) is 18.6. The standard InChI is InChI=1S/C27H37N7O3S/c1-20-4-6-24(7-5-20)38(35,36)37-26(22-8-10-28-11-9-22)25-27(30-13-12-29-25)34-16-14-33(15-17-34)19-23-18-31-32(3)21(23)2/h4-7,12-13,18,22,26,28H,8-11,14-17,19H2,1-3H3. The molecule has 1 atom stereocenters. The first kappa shape index (κ1) is 26.7. The highest BCUT2D eigenvalue weighted by molar-refractivity contribution is 7.86. The lowest BCUT2D eigenvalue weighted by Gasteiger charge is -2.37. The van der Waals surface area contributed by atoms with Gasteiger partial charge in [0.25, 0.3) is 10.1 Å². The maximum Gasteiger partial charge on any atom is 0.297 e. The second kappa shape index (κ2) is 11.5. The molecule has 2 aliphatic rings. The van der Waals surface area contributed by atoms with Gasteiger partial charge in [0.05, 0.1) is 11.1 Å². The SMILES string of the molecule is Cc1ccc(S(=O)(=O)OC(c2nccnc2N2CCN(Cc3cnn(C)c3C)CC2)C2CCNCC2)cc1. The summed E-state index contributed by atoms with van der Waals surface area (Å²) in [6.45, 7) is 9.79. The third-order valence-electron chi connectivity index (χ3n) is 7.73. The van der Waals surface area contributed by atoms with Crippen LogP contribution in [-0.4, -0.2) is 72.3 Å². The fourth-order valence-corrected chi connectivity index (χ4v) is 6.34. The summed E-state index contributed by atoms with van der Waals surface area (Å²) in [5.74, 6) is 0.731. The van der Waals surface area contributed by atoms with Crippen LogP contribution in [0.25, 0.3) is 0 Å². The Kier molecular flexibility index (Phi) is 8.08. The zero-order valence-corrected chi connectivity index (χ0v) is 23.2. The van der Waals surface area contributed by atoms with E-state index in [4.69, 9.17) is 9.17 Å². The summed E-state index contributed by atoms with van der Waals surface area (Å²) in [5, 5.41) is 7.74. The van der Waals surface area contributed by atoms with Crippen molar-refractivity contribution in [3.05, 3.63) is 65.4 Å². The number of hydrogen-bond donors (Lipinski definition) is 1. The van der Waals surface area contributed by atoms with Gasteiger partial charge in [0.2, 0.25) is 0 Å². The molecule has 1 aromatic carbocycles. The molecule has 10 nitrogen and oxygen atoms in total. The fourth-order valence-electron chi connectivity index (χ4n) is 5.24. The van der Waals surface area contributed by atoms with E-state index in [1.54, 1.807) is 36.7 Å². The van der Waals surface area contributed by atoms with Gasteiger partial charge < -0.3 is 10.2 Å². The molecular weight excluding hydrogens is 502 g/mol. The third-order valence-corrected chi connectivity index (χ3v) is 9.04. The van der Waals surface area contributed by atoms with Crippen LogP contribution in [0.15, 0.2) is 47.8 Å². The molecule has 1 unspecified atom stereocenters. The Morgan fingerprint density at radius 3 is 2.37 bits per heavy atom. The Hall–Kier alpha value is -2.86. The maximum absolute atomic E-state index is 13.4. The lowest BCUT2D eigenvalue weighted by atomic mass is 9.90. The quantitative estimate of drug-likeness (QED) is 0.433. The molecule has 5 rings (SSSR count). The Morgan fingerprint density at radius 2 is 1.71 bits per heavy atom. The second-order valence-electron chi connectivity index (χ2n) is 10.3. The monoisotopic (exact) mass is 539 g/mol. The number of nitrogens with one attached hydrogen (secondary N) is 1. The number of hydrogen-bond acceptors (Lipinski definition) is 9. The van der Waals surface area contributed by atoms with Gasteiger partial charge in [0, 0.05) is 63.4 Å². The minimum Gasteiger partial charge on any atom is -0.352 e. The summed E-state index contributed by atoms with van der Waals surface area (Å²) in [5.41, 5.74) is 4.02. The Labute approximate surface area is 225 Å². The minimum atomic E-state index is -3.99. The van der Waals surface area contributed by atoms with Crippen LogP contribution in [0.3, 0.4) is 0 Å². The van der Waals surface area contributed by atoms with Crippen molar-refractivity contribution in [1.82, 2.24) is 30.0 Å².